The Morgan fingerprint density at radius 3 is 2.52 bits per heavy atom. The summed E-state index contributed by atoms with van der Waals surface area (Å²) in [6.45, 7) is 0.601. The fourth-order valence-electron chi connectivity index (χ4n) is 2.89. The van der Waals surface area contributed by atoms with Crippen molar-refractivity contribution >= 4 is 16.9 Å². The van der Waals surface area contributed by atoms with Crippen LogP contribution in [0.4, 0.5) is 0 Å². The van der Waals surface area contributed by atoms with Crippen molar-refractivity contribution < 1.29 is 9.90 Å². The Hall–Kier alpha value is -2.86. The zero-order valence-corrected chi connectivity index (χ0v) is 13.9. The lowest BCUT2D eigenvalue weighted by atomic mass is 10.1. The minimum absolute atomic E-state index is 0.0440. The van der Waals surface area contributed by atoms with Gasteiger partial charge in [0.1, 0.15) is 6.54 Å². The number of hydrogen-bond donors (Lipinski definition) is 2. The molecule has 0 bridgehead atoms. The van der Waals surface area contributed by atoms with Crippen molar-refractivity contribution in [2.45, 2.75) is 13.0 Å². The second kappa shape index (κ2) is 7.81. The minimum atomic E-state index is -0.304. The van der Waals surface area contributed by atoms with Gasteiger partial charge in [-0.05, 0) is 24.1 Å². The van der Waals surface area contributed by atoms with Gasteiger partial charge in [-0.15, -0.1) is 0 Å². The van der Waals surface area contributed by atoms with E-state index in [0.29, 0.717) is 24.0 Å². The van der Waals surface area contributed by atoms with E-state index in [1.165, 1.54) is 4.57 Å². The summed E-state index contributed by atoms with van der Waals surface area (Å²) in [4.78, 5) is 29.1. The van der Waals surface area contributed by atoms with Gasteiger partial charge < -0.3 is 15.0 Å². The fourth-order valence-corrected chi connectivity index (χ4v) is 2.89. The molecule has 1 heterocycles. The highest BCUT2D eigenvalue weighted by Crippen LogP contribution is 2.09. The van der Waals surface area contributed by atoms with Crippen molar-refractivity contribution in [2.24, 2.45) is 0 Å². The van der Waals surface area contributed by atoms with Crippen LogP contribution in [-0.2, 0) is 17.8 Å². The van der Waals surface area contributed by atoms with Crippen LogP contribution in [0.3, 0.4) is 0 Å². The van der Waals surface area contributed by atoms with E-state index in [1.807, 2.05) is 42.5 Å². The molecule has 3 rings (SSSR count). The third-order valence-corrected chi connectivity index (χ3v) is 4.21. The number of hydrogen-bond acceptors (Lipinski definition) is 3. The molecule has 2 N–H and O–H groups in total. The Balaban J connectivity index is 1.74. The van der Waals surface area contributed by atoms with Crippen molar-refractivity contribution in [1.82, 2.24) is 14.5 Å². The molecule has 0 atom stereocenters. The summed E-state index contributed by atoms with van der Waals surface area (Å²) >= 11 is 0. The molecule has 0 aliphatic heterocycles. The molecular formula is C19H21N3O3. The van der Waals surface area contributed by atoms with Crippen LogP contribution in [0.2, 0.25) is 0 Å². The largest absolute Gasteiger partial charge is 0.395 e. The number of amides is 1. The molecule has 130 valence electrons. The van der Waals surface area contributed by atoms with Crippen LogP contribution in [0.5, 0.6) is 0 Å². The quantitative estimate of drug-likeness (QED) is 0.683. The van der Waals surface area contributed by atoms with Crippen molar-refractivity contribution in [3.8, 4) is 0 Å². The Kier molecular flexibility index (Phi) is 5.30. The Bertz CT molecular complexity index is 899. The van der Waals surface area contributed by atoms with Gasteiger partial charge in [-0.3, -0.25) is 9.36 Å². The van der Waals surface area contributed by atoms with Gasteiger partial charge in [0.05, 0.1) is 17.6 Å². The number of carbonyl (C=O) groups is 1. The molecule has 0 fully saturated rings. The normalized spacial score (nSPS) is 10.9. The molecule has 0 aliphatic rings. The number of aliphatic hydroxyl groups is 1. The van der Waals surface area contributed by atoms with Gasteiger partial charge in [-0.1, -0.05) is 42.5 Å². The topological polar surface area (TPSA) is 78.3 Å². The van der Waals surface area contributed by atoms with E-state index in [4.69, 9.17) is 0 Å². The van der Waals surface area contributed by atoms with E-state index in [9.17, 15) is 14.7 Å². The molecule has 0 saturated heterocycles. The predicted octanol–water partition coefficient (Wildman–Crippen LogP) is 1.39. The zero-order valence-electron chi connectivity index (χ0n) is 13.9. The van der Waals surface area contributed by atoms with E-state index < -0.39 is 0 Å². The van der Waals surface area contributed by atoms with E-state index in [-0.39, 0.29) is 31.3 Å². The first-order valence-corrected chi connectivity index (χ1v) is 8.29. The maximum Gasteiger partial charge on any atom is 0.326 e. The van der Waals surface area contributed by atoms with Gasteiger partial charge in [-0.25, -0.2) is 4.79 Å². The Morgan fingerprint density at radius 2 is 1.76 bits per heavy atom. The lowest BCUT2D eigenvalue weighted by Crippen LogP contribution is -2.39. The molecular weight excluding hydrogens is 318 g/mol. The summed E-state index contributed by atoms with van der Waals surface area (Å²) in [7, 11) is 0. The highest BCUT2D eigenvalue weighted by atomic mass is 16.3. The highest BCUT2D eigenvalue weighted by molar-refractivity contribution is 5.80. The van der Waals surface area contributed by atoms with Gasteiger partial charge in [0.2, 0.25) is 5.91 Å². The number of rotatable bonds is 7. The molecule has 2 aromatic carbocycles. The summed E-state index contributed by atoms with van der Waals surface area (Å²) in [5, 5.41) is 9.27. The SMILES string of the molecule is O=C(Cn1c(=O)[nH]c2ccccc21)N(CCO)CCc1ccccc1. The molecule has 0 radical (unpaired) electrons. The molecule has 6 nitrogen and oxygen atoms in total. The molecule has 0 aliphatic carbocycles. The molecule has 25 heavy (non-hydrogen) atoms. The maximum atomic E-state index is 12.7. The van der Waals surface area contributed by atoms with Crippen molar-refractivity contribution in [1.29, 1.82) is 0 Å². The number of para-hydroxylation sites is 2. The summed E-state index contributed by atoms with van der Waals surface area (Å²) in [5.74, 6) is -0.183. The maximum absolute atomic E-state index is 12.7. The Morgan fingerprint density at radius 1 is 1.04 bits per heavy atom. The van der Waals surface area contributed by atoms with Gasteiger partial charge in [0.15, 0.2) is 0 Å². The lowest BCUT2D eigenvalue weighted by molar-refractivity contribution is -0.132. The van der Waals surface area contributed by atoms with Crippen molar-refractivity contribution in [3.63, 3.8) is 0 Å². The molecule has 0 unspecified atom stereocenters. The van der Waals surface area contributed by atoms with Gasteiger partial charge in [0, 0.05) is 13.1 Å². The van der Waals surface area contributed by atoms with Crippen LogP contribution in [0.15, 0.2) is 59.4 Å². The van der Waals surface area contributed by atoms with E-state index in [2.05, 4.69) is 4.98 Å². The number of nitrogens with zero attached hydrogens (tertiary/aromatic N) is 2. The standard InChI is InChI=1S/C19H21N3O3/c23-13-12-21(11-10-15-6-2-1-3-7-15)18(24)14-22-17-9-5-4-8-16(17)20-19(22)25/h1-9,23H,10-14H2,(H,20,25). The number of aromatic nitrogens is 2. The van der Waals surface area contributed by atoms with E-state index in [1.54, 1.807) is 17.0 Å². The Labute approximate surface area is 145 Å². The second-order valence-corrected chi connectivity index (χ2v) is 5.87. The van der Waals surface area contributed by atoms with Gasteiger partial charge in [-0.2, -0.15) is 0 Å². The monoisotopic (exact) mass is 339 g/mol. The van der Waals surface area contributed by atoms with E-state index in [0.717, 1.165) is 5.56 Å². The summed E-state index contributed by atoms with van der Waals surface area (Å²) < 4.78 is 1.44. The first-order valence-electron chi connectivity index (χ1n) is 8.29. The third-order valence-electron chi connectivity index (χ3n) is 4.21. The lowest BCUT2D eigenvalue weighted by Gasteiger charge is -2.22. The number of imidazole rings is 1. The third kappa shape index (κ3) is 3.97. The van der Waals surface area contributed by atoms with Gasteiger partial charge >= 0.3 is 5.69 Å². The number of carbonyl (C=O) groups excluding carboxylic acids is 1. The number of nitrogens with one attached hydrogen (secondary N) is 1. The van der Waals surface area contributed by atoms with Crippen molar-refractivity contribution in [3.05, 3.63) is 70.6 Å². The molecule has 3 aromatic rings. The van der Waals surface area contributed by atoms with Crippen LogP contribution in [0.25, 0.3) is 11.0 Å². The summed E-state index contributed by atoms with van der Waals surface area (Å²) in [5.41, 5.74) is 2.23. The number of fused-ring (bicyclic) bond motifs is 1. The van der Waals surface area contributed by atoms with Crippen LogP contribution in [0, 0.1) is 0 Å². The van der Waals surface area contributed by atoms with Crippen LogP contribution in [0.1, 0.15) is 5.56 Å². The first kappa shape index (κ1) is 17.0. The number of H-pyrrole nitrogens is 1. The molecule has 1 aromatic heterocycles. The smallest absolute Gasteiger partial charge is 0.326 e. The van der Waals surface area contributed by atoms with Crippen LogP contribution in [-0.4, -0.2) is 45.2 Å². The van der Waals surface area contributed by atoms with Crippen LogP contribution >= 0.6 is 0 Å². The summed E-state index contributed by atoms with van der Waals surface area (Å²) in [6.07, 6.45) is 0.704. The molecule has 1 amide bonds. The molecule has 0 saturated carbocycles. The average Bonchev–Trinajstić information content (AvgIpc) is 2.95. The molecule has 0 spiro atoms. The zero-order chi connectivity index (χ0) is 17.6. The van der Waals surface area contributed by atoms with Crippen LogP contribution < -0.4 is 5.69 Å². The summed E-state index contributed by atoms with van der Waals surface area (Å²) in [6, 6.07) is 17.2. The fraction of sp³-hybridized carbons (Fsp3) is 0.263. The number of aliphatic hydroxyl groups excluding tert-OH is 1. The number of benzene rings is 2. The predicted molar refractivity (Wildman–Crippen MR) is 96.4 cm³/mol. The first-order chi connectivity index (χ1) is 12.2. The number of aromatic amines is 1. The molecule has 6 heteroatoms. The highest BCUT2D eigenvalue weighted by Gasteiger charge is 2.16. The minimum Gasteiger partial charge on any atom is -0.395 e. The average molecular weight is 339 g/mol. The van der Waals surface area contributed by atoms with Gasteiger partial charge in [0.25, 0.3) is 0 Å². The van der Waals surface area contributed by atoms with E-state index >= 15 is 0 Å². The second-order valence-electron chi connectivity index (χ2n) is 5.87. The van der Waals surface area contributed by atoms with Crippen molar-refractivity contribution in [2.75, 3.05) is 19.7 Å².